The third-order valence-electron chi connectivity index (χ3n) is 3.51. The van der Waals surface area contributed by atoms with Crippen LogP contribution in [0.15, 0.2) is 9.59 Å². The third kappa shape index (κ3) is 3.28. The molecule has 0 radical (unpaired) electrons. The molecule has 4 amide bonds. The zero-order valence-electron chi connectivity index (χ0n) is 13.5. The predicted octanol–water partition coefficient (Wildman–Crippen LogP) is -3.60. The van der Waals surface area contributed by atoms with Crippen LogP contribution in [0.5, 0.6) is 11.8 Å². The van der Waals surface area contributed by atoms with Gasteiger partial charge in [0.1, 0.15) is 20.1 Å². The summed E-state index contributed by atoms with van der Waals surface area (Å²) in [7, 11) is 0. The lowest BCUT2D eigenvalue weighted by Gasteiger charge is -2.26. The maximum atomic E-state index is 11.7. The summed E-state index contributed by atoms with van der Waals surface area (Å²) in [6, 6.07) is -2.54. The van der Waals surface area contributed by atoms with E-state index in [4.69, 9.17) is 21.7 Å². The van der Waals surface area contributed by atoms with Crippen LogP contribution in [0.25, 0.3) is 0 Å². The summed E-state index contributed by atoms with van der Waals surface area (Å²) in [6.45, 7) is -2.73. The van der Waals surface area contributed by atoms with Gasteiger partial charge in [0, 0.05) is 0 Å². The fourth-order valence-corrected chi connectivity index (χ4v) is 2.18. The van der Waals surface area contributed by atoms with E-state index in [1.54, 1.807) is 0 Å². The van der Waals surface area contributed by atoms with Crippen LogP contribution in [0, 0.1) is 0 Å². The number of aromatic hydroxyl groups is 2. The van der Waals surface area contributed by atoms with Crippen LogP contribution >= 0.6 is 0 Å². The minimum atomic E-state index is -1.27. The number of carbonyl (C=O) groups is 2. The number of hydrogen-bond acceptors (Lipinski definition) is 8. The van der Waals surface area contributed by atoms with E-state index in [1.807, 2.05) is 9.97 Å². The van der Waals surface area contributed by atoms with Crippen molar-refractivity contribution in [2.24, 2.45) is 11.5 Å². The molecule has 0 aromatic carbocycles. The van der Waals surface area contributed by atoms with Gasteiger partial charge in [0.25, 0.3) is 0 Å². The van der Waals surface area contributed by atoms with Crippen molar-refractivity contribution in [1.29, 1.82) is 0 Å². The van der Waals surface area contributed by atoms with Crippen LogP contribution in [-0.2, 0) is 13.5 Å². The highest BCUT2D eigenvalue weighted by Crippen LogP contribution is 2.27. The number of imidazole rings is 2. The van der Waals surface area contributed by atoms with E-state index in [0.717, 1.165) is 0 Å². The molecule has 10 N–H and O–H groups in total. The smallest absolute Gasteiger partial charge is 0.331 e. The van der Waals surface area contributed by atoms with Gasteiger partial charge in [-0.15, -0.1) is 0 Å². The van der Waals surface area contributed by atoms with Gasteiger partial charge < -0.3 is 31.9 Å². The van der Waals surface area contributed by atoms with Crippen molar-refractivity contribution in [3.63, 3.8) is 0 Å². The molecule has 0 unspecified atom stereocenters. The van der Waals surface area contributed by atoms with Crippen molar-refractivity contribution < 1.29 is 30.0 Å². The molecule has 2 aromatic rings. The molecule has 2 aromatic heterocycles. The Morgan fingerprint density at radius 3 is 1.41 bits per heavy atom. The third-order valence-corrected chi connectivity index (χ3v) is 3.51. The number of carbonyl (C=O) groups excluding carboxylic acids is 2. The normalized spacial score (nSPS) is 10.7. The van der Waals surface area contributed by atoms with Gasteiger partial charge in [0.15, 0.2) is 11.6 Å². The van der Waals surface area contributed by atoms with E-state index in [2.05, 4.69) is 0 Å². The molecule has 2 rings (SSSR count). The van der Waals surface area contributed by atoms with Crippen molar-refractivity contribution in [2.45, 2.75) is 13.5 Å². The van der Waals surface area contributed by atoms with Crippen LogP contribution in [0.1, 0.15) is 0 Å². The van der Waals surface area contributed by atoms with E-state index in [9.17, 15) is 29.4 Å². The standard InChI is InChI=1S/C11H16N8O8/c12-8(24)16(4-6(22)18(2-20)10(26)14-4)1-17(9(13)25)5-7(23)19(3-21)11(27)15-5/h20-23H,1-3H2,(H2,12,24)(H2,13,25)(H,14,26)(H,15,27). The molecule has 0 aliphatic carbocycles. The number of primary amides is 2. The van der Waals surface area contributed by atoms with E-state index >= 15 is 0 Å². The van der Waals surface area contributed by atoms with Gasteiger partial charge in [-0.05, 0) is 0 Å². The van der Waals surface area contributed by atoms with Crippen molar-refractivity contribution >= 4 is 23.7 Å². The first-order chi connectivity index (χ1) is 12.6. The molecule has 0 spiro atoms. The minimum Gasteiger partial charge on any atom is -0.492 e. The summed E-state index contributed by atoms with van der Waals surface area (Å²) in [6.07, 6.45) is 0. The summed E-state index contributed by atoms with van der Waals surface area (Å²) >= 11 is 0. The molecule has 148 valence electrons. The SMILES string of the molecule is NC(=O)N(CN(C(N)=O)c1[nH]c(=O)n(CO)c1O)c1[nH]c(=O)n(CO)c1O. The molecule has 0 bridgehead atoms. The number of rotatable bonds is 6. The largest absolute Gasteiger partial charge is 0.492 e. The van der Waals surface area contributed by atoms with Crippen LogP contribution in [0.4, 0.5) is 21.2 Å². The number of nitrogens with one attached hydrogen (secondary N) is 2. The first-order valence-electron chi connectivity index (χ1n) is 7.03. The highest BCUT2D eigenvalue weighted by atomic mass is 16.3. The Bertz CT molecular complexity index is 905. The van der Waals surface area contributed by atoms with Crippen molar-refractivity contribution in [3.05, 3.63) is 21.0 Å². The molecule has 0 fully saturated rings. The Morgan fingerprint density at radius 1 is 0.852 bits per heavy atom. The molecule has 0 saturated carbocycles. The van der Waals surface area contributed by atoms with Gasteiger partial charge >= 0.3 is 23.4 Å². The zero-order valence-corrected chi connectivity index (χ0v) is 13.5. The van der Waals surface area contributed by atoms with Gasteiger partial charge in [-0.25, -0.2) is 28.3 Å². The van der Waals surface area contributed by atoms with Gasteiger partial charge in [0.05, 0.1) is 0 Å². The molecular weight excluding hydrogens is 372 g/mol. The number of H-pyrrole nitrogens is 2. The fourth-order valence-electron chi connectivity index (χ4n) is 2.18. The maximum absolute atomic E-state index is 11.7. The number of aromatic nitrogens is 4. The monoisotopic (exact) mass is 388 g/mol. The molecule has 0 saturated heterocycles. The average molecular weight is 388 g/mol. The number of amides is 4. The summed E-state index contributed by atoms with van der Waals surface area (Å²) in [4.78, 5) is 51.8. The summed E-state index contributed by atoms with van der Waals surface area (Å²) < 4.78 is 0.892. The second-order valence-corrected chi connectivity index (χ2v) is 5.02. The Labute approximate surface area is 148 Å². The molecule has 16 heteroatoms. The Kier molecular flexibility index (Phi) is 5.13. The molecule has 0 atom stereocenters. The van der Waals surface area contributed by atoms with Gasteiger partial charge in [-0.2, -0.15) is 0 Å². The number of nitrogens with two attached hydrogens (primary N) is 2. The van der Waals surface area contributed by atoms with Crippen molar-refractivity contribution in [1.82, 2.24) is 19.1 Å². The Balaban J connectivity index is 2.53. The van der Waals surface area contributed by atoms with Crippen LogP contribution in [-0.4, -0.2) is 58.3 Å². The second kappa shape index (κ2) is 7.14. The van der Waals surface area contributed by atoms with Gasteiger partial charge in [0.2, 0.25) is 11.8 Å². The van der Waals surface area contributed by atoms with Gasteiger partial charge in [-0.3, -0.25) is 19.8 Å². The molecule has 0 aliphatic rings. The summed E-state index contributed by atoms with van der Waals surface area (Å²) in [5.74, 6) is -2.93. The Morgan fingerprint density at radius 2 is 1.19 bits per heavy atom. The van der Waals surface area contributed by atoms with Crippen molar-refractivity contribution in [3.8, 4) is 11.8 Å². The summed E-state index contributed by atoms with van der Waals surface area (Å²) in [5, 5.41) is 38.0. The van der Waals surface area contributed by atoms with Crippen LogP contribution < -0.4 is 32.6 Å². The van der Waals surface area contributed by atoms with E-state index in [-0.39, 0.29) is 0 Å². The molecule has 27 heavy (non-hydrogen) atoms. The first kappa shape index (κ1) is 19.4. The van der Waals surface area contributed by atoms with E-state index in [1.165, 1.54) is 0 Å². The van der Waals surface area contributed by atoms with Gasteiger partial charge in [-0.1, -0.05) is 0 Å². The number of hydrogen-bond donors (Lipinski definition) is 8. The topological polar surface area (TPSA) is 249 Å². The number of aliphatic hydroxyl groups is 2. The number of urea groups is 2. The highest BCUT2D eigenvalue weighted by molar-refractivity contribution is 5.96. The number of aliphatic hydroxyl groups excluding tert-OH is 2. The fraction of sp³-hybridized carbons (Fsp3) is 0.273. The molecular formula is C11H16N8O8. The van der Waals surface area contributed by atoms with E-state index < -0.39 is 67.0 Å². The number of nitrogens with zero attached hydrogens (tertiary/aromatic N) is 4. The van der Waals surface area contributed by atoms with Crippen LogP contribution in [0.2, 0.25) is 0 Å². The molecule has 2 heterocycles. The lowest BCUT2D eigenvalue weighted by atomic mass is 10.5. The average Bonchev–Trinajstić information content (AvgIpc) is 3.03. The first-order valence-corrected chi connectivity index (χ1v) is 7.03. The predicted molar refractivity (Wildman–Crippen MR) is 86.9 cm³/mol. The maximum Gasteiger partial charge on any atom is 0.331 e. The highest BCUT2D eigenvalue weighted by Gasteiger charge is 2.29. The Hall–Kier alpha value is -3.92. The zero-order chi connectivity index (χ0) is 20.5. The summed E-state index contributed by atoms with van der Waals surface area (Å²) in [5.41, 5.74) is 8.38. The molecule has 16 nitrogen and oxygen atoms in total. The number of anilines is 2. The quantitative estimate of drug-likeness (QED) is 0.229. The van der Waals surface area contributed by atoms with Crippen LogP contribution in [0.3, 0.4) is 0 Å². The lowest BCUT2D eigenvalue weighted by molar-refractivity contribution is 0.192. The second-order valence-electron chi connectivity index (χ2n) is 5.02. The lowest BCUT2D eigenvalue weighted by Crippen LogP contribution is -2.49. The molecule has 0 aliphatic heterocycles. The van der Waals surface area contributed by atoms with E-state index in [0.29, 0.717) is 18.9 Å². The minimum absolute atomic E-state index is 0.446. The number of aromatic amines is 2. The van der Waals surface area contributed by atoms with Crippen molar-refractivity contribution in [2.75, 3.05) is 16.5 Å².